The monoisotopic (exact) mass is 553 g/mol. The first-order valence-electron chi connectivity index (χ1n) is 13.7. The molecule has 0 aromatic heterocycles. The molecule has 0 radical (unpaired) electrons. The maximum atomic E-state index is 12.7. The van der Waals surface area contributed by atoms with Gasteiger partial charge in [-0.1, -0.05) is 45.1 Å². The van der Waals surface area contributed by atoms with Crippen LogP contribution in [0.1, 0.15) is 66.7 Å². The number of fused-ring (bicyclic) bond motifs is 1. The molecule has 0 amide bonds. The van der Waals surface area contributed by atoms with Gasteiger partial charge in [0.1, 0.15) is 17.9 Å². The number of nitrogens with one attached hydrogen (secondary N) is 1. The first kappa shape index (κ1) is 31.8. The van der Waals surface area contributed by atoms with Gasteiger partial charge in [-0.05, 0) is 57.2 Å². The summed E-state index contributed by atoms with van der Waals surface area (Å²) >= 11 is 0. The van der Waals surface area contributed by atoms with Gasteiger partial charge in [0, 0.05) is 32.3 Å². The van der Waals surface area contributed by atoms with Gasteiger partial charge in [0.05, 0.1) is 26.0 Å². The van der Waals surface area contributed by atoms with Crippen molar-refractivity contribution in [3.8, 4) is 5.75 Å². The Morgan fingerprint density at radius 2 is 1.78 bits per heavy atom. The molecule has 0 aliphatic carbocycles. The van der Waals surface area contributed by atoms with E-state index in [4.69, 9.17) is 18.5 Å². The smallest absolute Gasteiger partial charge is 0.342 e. The number of hydrogen-bond acceptors (Lipinski definition) is 7. The van der Waals surface area contributed by atoms with Crippen molar-refractivity contribution in [3.05, 3.63) is 39.5 Å². The van der Waals surface area contributed by atoms with E-state index in [9.17, 15) is 9.36 Å². The van der Waals surface area contributed by atoms with Crippen LogP contribution in [0.3, 0.4) is 0 Å². The number of carbonyl (C=O) groups is 1. The molecule has 7 nitrogen and oxygen atoms in total. The van der Waals surface area contributed by atoms with Gasteiger partial charge in [0.2, 0.25) is 0 Å². The van der Waals surface area contributed by atoms with Gasteiger partial charge in [-0.25, -0.2) is 4.79 Å². The van der Waals surface area contributed by atoms with Crippen LogP contribution in [0.15, 0.2) is 11.6 Å². The highest BCUT2D eigenvalue weighted by Gasteiger charge is 2.32. The number of hydrogen-bond donors (Lipinski definition) is 1. The largest absolute Gasteiger partial charge is 0.493 e. The fourth-order valence-corrected chi connectivity index (χ4v) is 6.82. The molecular weight excluding hydrogens is 505 g/mol. The highest BCUT2D eigenvalue weighted by atomic mass is 31.2. The van der Waals surface area contributed by atoms with E-state index in [-0.39, 0.29) is 5.97 Å². The maximum Gasteiger partial charge on any atom is 0.342 e. The van der Waals surface area contributed by atoms with Crippen molar-refractivity contribution in [1.82, 2.24) is 5.32 Å². The topological polar surface area (TPSA) is 83.1 Å². The van der Waals surface area contributed by atoms with Crippen LogP contribution >= 0.6 is 7.60 Å². The van der Waals surface area contributed by atoms with Crippen molar-refractivity contribution >= 4 is 21.6 Å². The number of benzene rings is 1. The molecule has 0 unspecified atom stereocenters. The van der Waals surface area contributed by atoms with Crippen molar-refractivity contribution in [2.45, 2.75) is 86.2 Å². The lowest BCUT2D eigenvalue weighted by Crippen LogP contribution is -2.23. The maximum absolute atomic E-state index is 12.7. The number of esters is 1. The second-order valence-corrected chi connectivity index (χ2v) is 18.4. The van der Waals surface area contributed by atoms with E-state index < -0.39 is 15.7 Å². The van der Waals surface area contributed by atoms with Gasteiger partial charge in [-0.3, -0.25) is 4.57 Å². The molecule has 1 heterocycles. The van der Waals surface area contributed by atoms with Gasteiger partial charge in [-0.15, -0.1) is 0 Å². The molecular formula is C28H48NO6PSi. The fourth-order valence-electron chi connectivity index (χ4n) is 4.55. The SMILES string of the molecule is CCOP(=O)(CCNCC(=CCc1c(CC)c(C)c2c(c1OCC[Si](C)(C)C)C(=O)OC2)CC)OCC. The number of carbonyl (C=O) groups excluding carboxylic acids is 1. The molecule has 2 rings (SSSR count). The molecule has 1 N–H and O–H groups in total. The summed E-state index contributed by atoms with van der Waals surface area (Å²) in [6.07, 6.45) is 5.02. The Hall–Kier alpha value is -1.44. The van der Waals surface area contributed by atoms with E-state index in [2.05, 4.69) is 51.8 Å². The molecule has 0 spiro atoms. The van der Waals surface area contributed by atoms with E-state index in [0.717, 1.165) is 35.6 Å². The highest BCUT2D eigenvalue weighted by Crippen LogP contribution is 2.47. The highest BCUT2D eigenvalue weighted by molar-refractivity contribution is 7.53. The first-order chi connectivity index (χ1) is 17.5. The van der Waals surface area contributed by atoms with Crippen molar-refractivity contribution in [2.75, 3.05) is 39.1 Å². The lowest BCUT2D eigenvalue weighted by atomic mass is 9.89. The third kappa shape index (κ3) is 9.07. The lowest BCUT2D eigenvalue weighted by Gasteiger charge is -2.22. The van der Waals surface area contributed by atoms with E-state index in [1.807, 2.05) is 13.8 Å². The van der Waals surface area contributed by atoms with Crippen LogP contribution in [0, 0.1) is 6.92 Å². The van der Waals surface area contributed by atoms with Crippen molar-refractivity contribution < 1.29 is 27.9 Å². The molecule has 0 saturated carbocycles. The minimum Gasteiger partial charge on any atom is -0.493 e. The lowest BCUT2D eigenvalue weighted by molar-refractivity contribution is 0.0532. The van der Waals surface area contributed by atoms with E-state index in [0.29, 0.717) is 63.4 Å². The van der Waals surface area contributed by atoms with Gasteiger partial charge < -0.3 is 23.8 Å². The van der Waals surface area contributed by atoms with E-state index in [1.54, 1.807) is 0 Å². The predicted molar refractivity (Wildman–Crippen MR) is 154 cm³/mol. The summed E-state index contributed by atoms with van der Waals surface area (Å²) in [6.45, 7) is 19.9. The zero-order chi connectivity index (χ0) is 27.6. The van der Waals surface area contributed by atoms with Crippen LogP contribution in [0.2, 0.25) is 25.7 Å². The van der Waals surface area contributed by atoms with Gasteiger partial charge >= 0.3 is 13.6 Å². The van der Waals surface area contributed by atoms with Gasteiger partial charge in [-0.2, -0.15) is 0 Å². The second-order valence-electron chi connectivity index (χ2n) is 10.6. The molecule has 37 heavy (non-hydrogen) atoms. The Labute approximate surface area is 225 Å². The molecule has 1 aromatic rings. The van der Waals surface area contributed by atoms with Crippen molar-refractivity contribution in [2.24, 2.45) is 0 Å². The minimum atomic E-state index is -3.05. The average molecular weight is 554 g/mol. The second kappa shape index (κ2) is 14.6. The van der Waals surface area contributed by atoms with Crippen LogP contribution < -0.4 is 10.1 Å². The Balaban J connectivity index is 2.24. The minimum absolute atomic E-state index is 0.278. The molecule has 1 aliphatic rings. The zero-order valence-electron chi connectivity index (χ0n) is 24.3. The zero-order valence-corrected chi connectivity index (χ0v) is 26.1. The average Bonchev–Trinajstić information content (AvgIpc) is 3.21. The molecule has 0 atom stereocenters. The molecule has 0 bridgehead atoms. The predicted octanol–water partition coefficient (Wildman–Crippen LogP) is 6.68. The van der Waals surface area contributed by atoms with Gasteiger partial charge in [0.25, 0.3) is 0 Å². The molecule has 0 fully saturated rings. The summed E-state index contributed by atoms with van der Waals surface area (Å²) in [5, 5.41) is 3.40. The Morgan fingerprint density at radius 3 is 2.35 bits per heavy atom. The van der Waals surface area contributed by atoms with Crippen LogP contribution in [0.25, 0.3) is 0 Å². The third-order valence-corrected chi connectivity index (χ3v) is 10.5. The van der Waals surface area contributed by atoms with Gasteiger partial charge in [0.15, 0.2) is 0 Å². The van der Waals surface area contributed by atoms with Crippen LogP contribution in [0.5, 0.6) is 5.75 Å². The Bertz CT molecular complexity index is 992. The molecule has 9 heteroatoms. The summed E-state index contributed by atoms with van der Waals surface area (Å²) in [7, 11) is -4.34. The summed E-state index contributed by atoms with van der Waals surface area (Å²) in [5.41, 5.74) is 6.32. The van der Waals surface area contributed by atoms with E-state index in [1.165, 1.54) is 11.1 Å². The van der Waals surface area contributed by atoms with Crippen LogP contribution in [-0.2, 0) is 37.8 Å². The quantitative estimate of drug-likeness (QED) is 0.0757. The van der Waals surface area contributed by atoms with Crippen LogP contribution in [-0.4, -0.2) is 53.1 Å². The number of rotatable bonds is 17. The summed E-state index contributed by atoms with van der Waals surface area (Å²) in [6, 6.07) is 1.03. The molecule has 0 saturated heterocycles. The van der Waals surface area contributed by atoms with Crippen molar-refractivity contribution in [3.63, 3.8) is 0 Å². The van der Waals surface area contributed by atoms with E-state index >= 15 is 0 Å². The molecule has 1 aliphatic heterocycles. The first-order valence-corrected chi connectivity index (χ1v) is 19.2. The molecule has 210 valence electrons. The standard InChI is InChI=1S/C28H48NO6PSi/c1-9-22(19-29-15-17-36(31,34-11-3)35-12-4)13-14-24-23(10-2)21(5)25-20-33-28(30)26(25)27(24)32-16-18-37(6,7)8/h13,29H,9-12,14-20H2,1-8H3. The third-order valence-electron chi connectivity index (χ3n) is 6.69. The van der Waals surface area contributed by atoms with Crippen molar-refractivity contribution in [1.29, 1.82) is 0 Å². The molecule has 1 aromatic carbocycles. The Morgan fingerprint density at radius 1 is 1.11 bits per heavy atom. The Kier molecular flexibility index (Phi) is 12.6. The summed E-state index contributed by atoms with van der Waals surface area (Å²) in [4.78, 5) is 12.7. The number of allylic oxidation sites excluding steroid dienone is 1. The fraction of sp³-hybridized carbons (Fsp3) is 0.679. The normalized spacial score (nSPS) is 14.2. The summed E-state index contributed by atoms with van der Waals surface area (Å²) < 4.78 is 35.3. The number of ether oxygens (including phenoxy) is 2. The number of cyclic esters (lactones) is 1. The van der Waals surface area contributed by atoms with Crippen LogP contribution in [0.4, 0.5) is 0 Å². The summed E-state index contributed by atoms with van der Waals surface area (Å²) in [5.74, 6) is 0.437.